The van der Waals surface area contributed by atoms with Gasteiger partial charge in [-0.2, -0.15) is 0 Å². The molecule has 1 heterocycles. The number of halogens is 2. The maximum atomic E-state index is 13.9. The molecule has 1 aliphatic heterocycles. The van der Waals surface area contributed by atoms with E-state index in [1.165, 1.54) is 4.90 Å². The minimum atomic E-state index is -2.98. The lowest BCUT2D eigenvalue weighted by Crippen LogP contribution is -2.51. The molecular weight excluding hydrogens is 284 g/mol. The van der Waals surface area contributed by atoms with Crippen LogP contribution in [0.2, 0.25) is 0 Å². The van der Waals surface area contributed by atoms with Gasteiger partial charge in [0, 0.05) is 19.5 Å². The molecule has 7 heteroatoms. The van der Waals surface area contributed by atoms with Gasteiger partial charge in [0.05, 0.1) is 18.9 Å². The molecule has 1 rings (SSSR count). The maximum Gasteiger partial charge on any atom is 0.410 e. The summed E-state index contributed by atoms with van der Waals surface area (Å²) in [6, 6.07) is 0. The van der Waals surface area contributed by atoms with Crippen molar-refractivity contribution in [3.8, 4) is 0 Å². The number of ether oxygens (including phenoxy) is 2. The quantitative estimate of drug-likeness (QED) is 0.752. The molecule has 0 aromatic heterocycles. The van der Waals surface area contributed by atoms with Crippen LogP contribution in [-0.4, -0.2) is 48.2 Å². The molecule has 0 bridgehead atoms. The third kappa shape index (κ3) is 5.47. The van der Waals surface area contributed by atoms with E-state index in [-0.39, 0.29) is 19.7 Å². The Morgan fingerprint density at radius 3 is 2.48 bits per heavy atom. The fourth-order valence-corrected chi connectivity index (χ4v) is 2.11. The Kier molecular flexibility index (Phi) is 5.53. The Labute approximate surface area is 123 Å². The number of hydrogen-bond acceptors (Lipinski definition) is 4. The summed E-state index contributed by atoms with van der Waals surface area (Å²) in [6.45, 7) is 6.59. The summed E-state index contributed by atoms with van der Waals surface area (Å²) >= 11 is 0. The zero-order chi connectivity index (χ0) is 16.3. The molecule has 1 fully saturated rings. The summed E-state index contributed by atoms with van der Waals surface area (Å²) in [4.78, 5) is 24.6. The van der Waals surface area contributed by atoms with Crippen molar-refractivity contribution >= 4 is 12.1 Å². The third-order valence-electron chi connectivity index (χ3n) is 3.12. The summed E-state index contributed by atoms with van der Waals surface area (Å²) in [5.74, 6) is -4.89. The van der Waals surface area contributed by atoms with Crippen LogP contribution >= 0.6 is 0 Å². The number of amides is 1. The van der Waals surface area contributed by atoms with Crippen molar-refractivity contribution in [3.05, 3.63) is 0 Å². The van der Waals surface area contributed by atoms with Crippen LogP contribution in [0.3, 0.4) is 0 Å². The fraction of sp³-hybridized carbons (Fsp3) is 0.857. The molecule has 0 aromatic rings. The molecule has 0 unspecified atom stereocenters. The Morgan fingerprint density at radius 1 is 1.33 bits per heavy atom. The zero-order valence-electron chi connectivity index (χ0n) is 12.9. The molecule has 1 saturated heterocycles. The third-order valence-corrected chi connectivity index (χ3v) is 3.12. The van der Waals surface area contributed by atoms with E-state index in [4.69, 9.17) is 9.47 Å². The minimum Gasteiger partial charge on any atom is -0.466 e. The number of nitrogens with zero attached hydrogens (tertiary/aromatic N) is 1. The first kappa shape index (κ1) is 17.7. The van der Waals surface area contributed by atoms with Gasteiger partial charge in [-0.15, -0.1) is 0 Å². The Hall–Kier alpha value is -1.40. The van der Waals surface area contributed by atoms with Gasteiger partial charge in [-0.1, -0.05) is 0 Å². The minimum absolute atomic E-state index is 0.0821. The average Bonchev–Trinajstić information content (AvgIpc) is 2.29. The molecule has 0 N–H and O–H groups in total. The van der Waals surface area contributed by atoms with Crippen molar-refractivity contribution in [3.63, 3.8) is 0 Å². The molecule has 0 aliphatic carbocycles. The van der Waals surface area contributed by atoms with E-state index in [0.29, 0.717) is 0 Å². The number of alkyl halides is 2. The molecule has 1 aliphatic rings. The highest BCUT2D eigenvalue weighted by Crippen LogP contribution is 2.36. The van der Waals surface area contributed by atoms with Gasteiger partial charge in [0.15, 0.2) is 0 Å². The molecule has 1 amide bonds. The van der Waals surface area contributed by atoms with Gasteiger partial charge in [-0.05, 0) is 27.7 Å². The lowest BCUT2D eigenvalue weighted by atomic mass is 9.91. The number of esters is 1. The van der Waals surface area contributed by atoms with E-state index in [1.807, 2.05) is 0 Å². The van der Waals surface area contributed by atoms with Crippen LogP contribution in [0.25, 0.3) is 0 Å². The smallest absolute Gasteiger partial charge is 0.410 e. The van der Waals surface area contributed by atoms with Crippen molar-refractivity contribution in [2.45, 2.75) is 52.1 Å². The van der Waals surface area contributed by atoms with Crippen LogP contribution in [-0.2, 0) is 14.3 Å². The van der Waals surface area contributed by atoms with Gasteiger partial charge in [0.2, 0.25) is 0 Å². The predicted octanol–water partition coefficient (Wildman–Crippen LogP) is 2.83. The van der Waals surface area contributed by atoms with Gasteiger partial charge >= 0.3 is 12.1 Å². The van der Waals surface area contributed by atoms with Crippen molar-refractivity contribution in [2.75, 3.05) is 19.7 Å². The Bertz CT molecular complexity index is 393. The molecule has 0 radical (unpaired) electrons. The van der Waals surface area contributed by atoms with E-state index in [0.717, 1.165) is 0 Å². The van der Waals surface area contributed by atoms with Crippen molar-refractivity contribution in [1.82, 2.24) is 4.90 Å². The van der Waals surface area contributed by atoms with Crippen LogP contribution in [0.15, 0.2) is 0 Å². The van der Waals surface area contributed by atoms with E-state index >= 15 is 0 Å². The Morgan fingerprint density at radius 2 is 1.95 bits per heavy atom. The van der Waals surface area contributed by atoms with Gasteiger partial charge in [-0.3, -0.25) is 4.79 Å². The summed E-state index contributed by atoms with van der Waals surface area (Å²) in [6.07, 6.45) is -1.51. The normalized spacial score (nSPS) is 21.8. The number of piperidine rings is 1. The molecule has 0 aromatic carbocycles. The molecule has 5 nitrogen and oxygen atoms in total. The number of rotatable bonds is 3. The predicted molar refractivity (Wildman–Crippen MR) is 72.1 cm³/mol. The van der Waals surface area contributed by atoms with Gasteiger partial charge in [-0.25, -0.2) is 13.6 Å². The number of likely N-dealkylation sites (tertiary alicyclic amines) is 1. The van der Waals surface area contributed by atoms with Crippen LogP contribution < -0.4 is 0 Å². The van der Waals surface area contributed by atoms with E-state index in [9.17, 15) is 18.4 Å². The maximum absolute atomic E-state index is 13.9. The van der Waals surface area contributed by atoms with Crippen LogP contribution in [0.4, 0.5) is 13.6 Å². The van der Waals surface area contributed by atoms with E-state index in [2.05, 4.69) is 0 Å². The molecule has 1 atom stereocenters. The first-order chi connectivity index (χ1) is 9.55. The lowest BCUT2D eigenvalue weighted by Gasteiger charge is -2.38. The average molecular weight is 307 g/mol. The highest BCUT2D eigenvalue weighted by Gasteiger charge is 2.46. The highest BCUT2D eigenvalue weighted by atomic mass is 19.3. The summed E-state index contributed by atoms with van der Waals surface area (Å²) < 4.78 is 37.6. The summed E-state index contributed by atoms with van der Waals surface area (Å²) in [5.41, 5.74) is -0.687. The second-order valence-corrected chi connectivity index (χ2v) is 6.14. The van der Waals surface area contributed by atoms with E-state index < -0.39 is 42.3 Å². The molecule has 0 spiro atoms. The van der Waals surface area contributed by atoms with Crippen molar-refractivity contribution in [2.24, 2.45) is 5.92 Å². The molecular formula is C14H23F2NO4. The first-order valence-corrected chi connectivity index (χ1v) is 7.06. The standard InChI is InChI=1S/C14H23F2NO4/c1-5-20-11(18)8-10-9-17(7-6-14(10,15)16)12(19)21-13(2,3)4/h10H,5-9H2,1-4H3/t10-/m0/s1. The second-order valence-electron chi connectivity index (χ2n) is 6.14. The van der Waals surface area contributed by atoms with Crippen LogP contribution in [0, 0.1) is 5.92 Å². The fourth-order valence-electron chi connectivity index (χ4n) is 2.11. The summed E-state index contributed by atoms with van der Waals surface area (Å²) in [7, 11) is 0. The molecule has 21 heavy (non-hydrogen) atoms. The zero-order valence-corrected chi connectivity index (χ0v) is 12.9. The Balaban J connectivity index is 2.69. The largest absolute Gasteiger partial charge is 0.466 e. The second kappa shape index (κ2) is 6.58. The summed E-state index contributed by atoms with van der Waals surface area (Å²) in [5, 5.41) is 0. The SMILES string of the molecule is CCOC(=O)C[C@H]1CN(C(=O)OC(C)(C)C)CCC1(F)F. The van der Waals surface area contributed by atoms with E-state index in [1.54, 1.807) is 27.7 Å². The lowest BCUT2D eigenvalue weighted by molar-refractivity contribution is -0.154. The van der Waals surface area contributed by atoms with Crippen LogP contribution in [0.1, 0.15) is 40.5 Å². The topological polar surface area (TPSA) is 55.8 Å². The number of carbonyl (C=O) groups excluding carboxylic acids is 2. The molecule has 0 saturated carbocycles. The number of carbonyl (C=O) groups is 2. The van der Waals surface area contributed by atoms with Crippen molar-refractivity contribution in [1.29, 1.82) is 0 Å². The first-order valence-electron chi connectivity index (χ1n) is 7.06. The van der Waals surface area contributed by atoms with Crippen molar-refractivity contribution < 1.29 is 27.8 Å². The van der Waals surface area contributed by atoms with Gasteiger partial charge < -0.3 is 14.4 Å². The van der Waals surface area contributed by atoms with Crippen LogP contribution in [0.5, 0.6) is 0 Å². The molecule has 122 valence electrons. The monoisotopic (exact) mass is 307 g/mol. The van der Waals surface area contributed by atoms with Gasteiger partial charge in [0.1, 0.15) is 5.60 Å². The highest BCUT2D eigenvalue weighted by molar-refractivity contribution is 5.71. The number of hydrogen-bond donors (Lipinski definition) is 0. The van der Waals surface area contributed by atoms with Gasteiger partial charge in [0.25, 0.3) is 5.92 Å².